The molecule has 0 unspecified atom stereocenters. The lowest BCUT2D eigenvalue weighted by Crippen LogP contribution is -2.03. The van der Waals surface area contributed by atoms with Crippen LogP contribution in [0.1, 0.15) is 11.1 Å². The Labute approximate surface area is 156 Å². The van der Waals surface area contributed by atoms with E-state index in [1.165, 1.54) is 12.1 Å². The molecule has 1 N–H and O–H groups in total. The first-order chi connectivity index (χ1) is 13.1. The zero-order chi connectivity index (χ0) is 18.8. The smallest absolute Gasteiger partial charge is 0.227 e. The molecule has 2 heterocycles. The molecule has 0 atom stereocenters. The number of aromatic nitrogens is 4. The Bertz CT molecular complexity index is 1080. The number of anilines is 2. The number of benzene rings is 2. The van der Waals surface area contributed by atoms with Crippen molar-refractivity contribution in [2.24, 2.45) is 0 Å². The Balaban J connectivity index is 1.69. The minimum absolute atomic E-state index is 0.311. The summed E-state index contributed by atoms with van der Waals surface area (Å²) in [6.07, 6.45) is 3.36. The van der Waals surface area contributed by atoms with Gasteiger partial charge < -0.3 is 5.32 Å². The summed E-state index contributed by atoms with van der Waals surface area (Å²) in [7, 11) is 0. The highest BCUT2D eigenvalue weighted by Crippen LogP contribution is 2.23. The van der Waals surface area contributed by atoms with Crippen LogP contribution in [0.15, 0.2) is 67.0 Å². The van der Waals surface area contributed by atoms with E-state index >= 15 is 0 Å². The molecule has 4 aromatic rings. The number of hydrogen-bond acceptors (Lipinski definition) is 4. The van der Waals surface area contributed by atoms with Gasteiger partial charge in [0.05, 0.1) is 23.3 Å². The molecule has 134 valence electrons. The first-order valence-corrected chi connectivity index (χ1v) is 8.57. The number of rotatable bonds is 4. The van der Waals surface area contributed by atoms with Crippen molar-refractivity contribution in [3.05, 3.63) is 83.9 Å². The van der Waals surface area contributed by atoms with Crippen LogP contribution >= 0.6 is 0 Å². The van der Waals surface area contributed by atoms with E-state index in [2.05, 4.69) is 26.4 Å². The Morgan fingerprint density at radius 3 is 2.52 bits per heavy atom. The standard InChI is InChI=1S/C21H18FN5/c1-14-10-15(2)12-17(11-14)25-21-23-8-6-19(26-21)20-7-9-24-27(20)18-5-3-4-16(22)13-18/h3-13H,1-2H3,(H,23,25,26). The monoisotopic (exact) mass is 359 g/mol. The number of halogens is 1. The van der Waals surface area contributed by atoms with E-state index in [9.17, 15) is 4.39 Å². The fourth-order valence-electron chi connectivity index (χ4n) is 3.05. The fourth-order valence-corrected chi connectivity index (χ4v) is 3.05. The van der Waals surface area contributed by atoms with E-state index < -0.39 is 0 Å². The maximum atomic E-state index is 13.6. The summed E-state index contributed by atoms with van der Waals surface area (Å²) >= 11 is 0. The van der Waals surface area contributed by atoms with Gasteiger partial charge in [0, 0.05) is 11.9 Å². The molecule has 0 amide bonds. The normalized spacial score (nSPS) is 10.8. The average Bonchev–Trinajstić information content (AvgIpc) is 3.11. The van der Waals surface area contributed by atoms with Crippen LogP contribution < -0.4 is 5.32 Å². The highest BCUT2D eigenvalue weighted by Gasteiger charge is 2.11. The van der Waals surface area contributed by atoms with Gasteiger partial charge in [0.15, 0.2) is 0 Å². The van der Waals surface area contributed by atoms with Crippen molar-refractivity contribution in [3.8, 4) is 17.1 Å². The first-order valence-electron chi connectivity index (χ1n) is 8.57. The van der Waals surface area contributed by atoms with Gasteiger partial charge in [-0.25, -0.2) is 19.0 Å². The molecule has 6 heteroatoms. The van der Waals surface area contributed by atoms with Crippen molar-refractivity contribution in [2.45, 2.75) is 13.8 Å². The molecular formula is C21H18FN5. The second-order valence-electron chi connectivity index (χ2n) is 6.37. The summed E-state index contributed by atoms with van der Waals surface area (Å²) in [5.41, 5.74) is 5.35. The van der Waals surface area contributed by atoms with Crippen molar-refractivity contribution in [1.82, 2.24) is 19.7 Å². The summed E-state index contributed by atoms with van der Waals surface area (Å²) in [4.78, 5) is 8.91. The van der Waals surface area contributed by atoms with Crippen LogP contribution in [-0.2, 0) is 0 Å². The van der Waals surface area contributed by atoms with Crippen LogP contribution in [0, 0.1) is 19.7 Å². The van der Waals surface area contributed by atoms with Gasteiger partial charge in [-0.15, -0.1) is 0 Å². The van der Waals surface area contributed by atoms with Gasteiger partial charge in [-0.2, -0.15) is 5.10 Å². The molecule has 27 heavy (non-hydrogen) atoms. The van der Waals surface area contributed by atoms with Gasteiger partial charge in [-0.3, -0.25) is 0 Å². The predicted molar refractivity (Wildman–Crippen MR) is 104 cm³/mol. The quantitative estimate of drug-likeness (QED) is 0.567. The van der Waals surface area contributed by atoms with Gasteiger partial charge in [0.2, 0.25) is 5.95 Å². The number of hydrogen-bond donors (Lipinski definition) is 1. The van der Waals surface area contributed by atoms with Crippen LogP contribution in [0.4, 0.5) is 16.0 Å². The van der Waals surface area contributed by atoms with Crippen molar-refractivity contribution in [2.75, 3.05) is 5.32 Å². The van der Waals surface area contributed by atoms with Gasteiger partial charge in [-0.05, 0) is 67.4 Å². The lowest BCUT2D eigenvalue weighted by atomic mass is 10.1. The molecule has 2 aromatic carbocycles. The first kappa shape index (κ1) is 16.9. The van der Waals surface area contributed by atoms with Gasteiger partial charge in [0.25, 0.3) is 0 Å². The van der Waals surface area contributed by atoms with E-state index in [1.54, 1.807) is 35.3 Å². The lowest BCUT2D eigenvalue weighted by molar-refractivity contribution is 0.625. The van der Waals surface area contributed by atoms with Crippen LogP contribution in [0.25, 0.3) is 17.1 Å². The Kier molecular flexibility index (Phi) is 4.38. The second kappa shape index (κ2) is 6.99. The summed E-state index contributed by atoms with van der Waals surface area (Å²) in [6.45, 7) is 4.10. The van der Waals surface area contributed by atoms with E-state index in [-0.39, 0.29) is 5.82 Å². The summed E-state index contributed by atoms with van der Waals surface area (Å²) in [6, 6.07) is 16.1. The van der Waals surface area contributed by atoms with E-state index in [4.69, 9.17) is 0 Å². The van der Waals surface area contributed by atoms with Crippen LogP contribution in [-0.4, -0.2) is 19.7 Å². The lowest BCUT2D eigenvalue weighted by Gasteiger charge is -2.10. The zero-order valence-electron chi connectivity index (χ0n) is 15.0. The number of nitrogens with one attached hydrogen (secondary N) is 1. The topological polar surface area (TPSA) is 55.6 Å². The molecular weight excluding hydrogens is 341 g/mol. The predicted octanol–water partition coefficient (Wildman–Crippen LogP) is 4.83. The maximum absolute atomic E-state index is 13.6. The van der Waals surface area contributed by atoms with Crippen LogP contribution in [0.3, 0.4) is 0 Å². The Morgan fingerprint density at radius 1 is 0.926 bits per heavy atom. The fraction of sp³-hybridized carbons (Fsp3) is 0.0952. The molecule has 0 fully saturated rings. The van der Waals surface area contributed by atoms with Crippen molar-refractivity contribution < 1.29 is 4.39 Å². The van der Waals surface area contributed by atoms with Gasteiger partial charge in [-0.1, -0.05) is 12.1 Å². The molecule has 0 spiro atoms. The minimum Gasteiger partial charge on any atom is -0.324 e. The van der Waals surface area contributed by atoms with E-state index in [0.717, 1.165) is 22.5 Å². The minimum atomic E-state index is -0.311. The van der Waals surface area contributed by atoms with Crippen LogP contribution in [0.5, 0.6) is 0 Å². The van der Waals surface area contributed by atoms with Crippen molar-refractivity contribution in [1.29, 1.82) is 0 Å². The Morgan fingerprint density at radius 2 is 1.74 bits per heavy atom. The van der Waals surface area contributed by atoms with Gasteiger partial charge >= 0.3 is 0 Å². The SMILES string of the molecule is Cc1cc(C)cc(Nc2nccc(-c3ccnn3-c3cccc(F)c3)n2)c1. The second-order valence-corrected chi connectivity index (χ2v) is 6.37. The zero-order valence-corrected chi connectivity index (χ0v) is 15.0. The third-order valence-corrected chi connectivity index (χ3v) is 4.09. The molecule has 0 radical (unpaired) electrons. The number of aryl methyl sites for hydroxylation is 2. The molecule has 5 nitrogen and oxygen atoms in total. The summed E-state index contributed by atoms with van der Waals surface area (Å²) < 4.78 is 15.2. The highest BCUT2D eigenvalue weighted by atomic mass is 19.1. The van der Waals surface area contributed by atoms with Crippen molar-refractivity contribution >= 4 is 11.6 Å². The molecule has 2 aromatic heterocycles. The summed E-state index contributed by atoms with van der Waals surface area (Å²) in [5, 5.41) is 7.55. The average molecular weight is 359 g/mol. The van der Waals surface area contributed by atoms with E-state index in [1.807, 2.05) is 32.0 Å². The maximum Gasteiger partial charge on any atom is 0.227 e. The summed E-state index contributed by atoms with van der Waals surface area (Å²) in [5.74, 6) is 0.179. The largest absolute Gasteiger partial charge is 0.324 e. The van der Waals surface area contributed by atoms with E-state index in [0.29, 0.717) is 17.3 Å². The van der Waals surface area contributed by atoms with Gasteiger partial charge in [0.1, 0.15) is 5.82 Å². The molecule has 4 rings (SSSR count). The molecule has 0 bridgehead atoms. The highest BCUT2D eigenvalue weighted by molar-refractivity contribution is 5.61. The molecule has 0 saturated heterocycles. The van der Waals surface area contributed by atoms with Crippen LogP contribution in [0.2, 0.25) is 0 Å². The third-order valence-electron chi connectivity index (χ3n) is 4.09. The Hall–Kier alpha value is -3.54. The number of nitrogens with zero attached hydrogens (tertiary/aromatic N) is 4. The third kappa shape index (κ3) is 3.69. The molecule has 0 aliphatic heterocycles. The molecule has 0 saturated carbocycles. The molecule has 0 aliphatic rings. The molecule has 0 aliphatic carbocycles. The van der Waals surface area contributed by atoms with Crippen molar-refractivity contribution in [3.63, 3.8) is 0 Å².